The maximum atomic E-state index is 10.4. The third-order valence-electron chi connectivity index (χ3n) is 9.14. The molecular formula is C29H46O7. The molecule has 204 valence electrons. The summed E-state index contributed by atoms with van der Waals surface area (Å²) in [5.41, 5.74) is 0.700. The molecular weight excluding hydrogens is 460 g/mol. The van der Waals surface area contributed by atoms with Gasteiger partial charge >= 0.3 is 11.9 Å². The quantitative estimate of drug-likeness (QED) is 0.272. The predicted molar refractivity (Wildman–Crippen MR) is 138 cm³/mol. The lowest BCUT2D eigenvalue weighted by Gasteiger charge is -2.34. The van der Waals surface area contributed by atoms with Crippen LogP contribution in [-0.2, 0) is 23.8 Å². The zero-order valence-electron chi connectivity index (χ0n) is 22.5. The van der Waals surface area contributed by atoms with Gasteiger partial charge in [-0.25, -0.2) is 4.79 Å². The van der Waals surface area contributed by atoms with Gasteiger partial charge in [0.15, 0.2) is 0 Å². The van der Waals surface area contributed by atoms with E-state index in [-0.39, 0.29) is 13.0 Å². The molecule has 0 amide bonds. The van der Waals surface area contributed by atoms with Crippen LogP contribution in [0.1, 0.15) is 72.6 Å². The lowest BCUT2D eigenvalue weighted by atomic mass is 9.75. The van der Waals surface area contributed by atoms with Crippen molar-refractivity contribution in [1.29, 1.82) is 0 Å². The SMILES string of the molecule is C[C@@H]1C2CC(C)(CO2)[C@H]1C/C=C\CCCC(=O)O.C[C@@H]1C2CC(C)(CO2)[C@H]1C/C=C\COCC(=O)O. The molecule has 2 heterocycles. The Labute approximate surface area is 216 Å². The molecule has 0 aromatic heterocycles. The molecule has 7 heteroatoms. The molecule has 0 radical (unpaired) electrons. The van der Waals surface area contributed by atoms with E-state index in [1.807, 2.05) is 6.08 Å². The van der Waals surface area contributed by atoms with Crippen molar-refractivity contribution in [3.8, 4) is 0 Å². The number of hydrogen-bond donors (Lipinski definition) is 2. The van der Waals surface area contributed by atoms with Gasteiger partial charge in [0.25, 0.3) is 0 Å². The van der Waals surface area contributed by atoms with E-state index in [0.717, 1.165) is 44.8 Å². The molecule has 4 rings (SSSR count). The van der Waals surface area contributed by atoms with Crippen molar-refractivity contribution in [1.82, 2.24) is 0 Å². The highest BCUT2D eigenvalue weighted by Gasteiger charge is 2.54. The summed E-state index contributed by atoms with van der Waals surface area (Å²) >= 11 is 0. The molecule has 0 spiro atoms. The highest BCUT2D eigenvalue weighted by molar-refractivity contribution is 5.68. The van der Waals surface area contributed by atoms with Gasteiger partial charge in [0.2, 0.25) is 0 Å². The minimum atomic E-state index is -0.921. The zero-order chi connectivity index (χ0) is 26.3. The van der Waals surface area contributed by atoms with E-state index in [1.54, 1.807) is 0 Å². The highest BCUT2D eigenvalue weighted by atomic mass is 16.5. The summed E-state index contributed by atoms with van der Waals surface area (Å²) in [6.45, 7) is 11.2. The average molecular weight is 507 g/mol. The van der Waals surface area contributed by atoms with Gasteiger partial charge in [0.1, 0.15) is 6.61 Å². The van der Waals surface area contributed by atoms with E-state index in [4.69, 9.17) is 24.4 Å². The number of carboxylic acid groups (broad SMARTS) is 2. The third-order valence-corrected chi connectivity index (χ3v) is 9.14. The molecule has 4 unspecified atom stereocenters. The Morgan fingerprint density at radius 2 is 1.39 bits per heavy atom. The number of ether oxygens (including phenoxy) is 3. The van der Waals surface area contributed by atoms with Crippen LogP contribution in [0.15, 0.2) is 24.3 Å². The molecule has 0 aromatic rings. The second-order valence-corrected chi connectivity index (χ2v) is 12.0. The van der Waals surface area contributed by atoms with Crippen molar-refractivity contribution in [2.75, 3.05) is 26.4 Å². The number of rotatable bonds is 12. The van der Waals surface area contributed by atoms with E-state index in [2.05, 4.69) is 45.9 Å². The van der Waals surface area contributed by atoms with Crippen LogP contribution in [0.25, 0.3) is 0 Å². The first kappa shape index (κ1) is 28.9. The van der Waals surface area contributed by atoms with E-state index in [1.165, 1.54) is 12.8 Å². The van der Waals surface area contributed by atoms with Crippen LogP contribution in [0.3, 0.4) is 0 Å². The summed E-state index contributed by atoms with van der Waals surface area (Å²) in [5, 5.41) is 17.0. The molecule has 0 aromatic carbocycles. The van der Waals surface area contributed by atoms with Gasteiger partial charge in [-0.15, -0.1) is 0 Å². The monoisotopic (exact) mass is 506 g/mol. The molecule has 2 N–H and O–H groups in total. The Bertz CT molecular complexity index is 741. The second kappa shape index (κ2) is 12.7. The Balaban J connectivity index is 0.000000201. The summed E-state index contributed by atoms with van der Waals surface area (Å²) in [7, 11) is 0. The number of hydrogen-bond acceptors (Lipinski definition) is 5. The number of unbranched alkanes of at least 4 members (excludes halogenated alkanes) is 1. The Hall–Kier alpha value is -1.70. The maximum absolute atomic E-state index is 10.4. The van der Waals surface area contributed by atoms with E-state index < -0.39 is 11.9 Å². The molecule has 4 aliphatic rings. The highest BCUT2D eigenvalue weighted by Crippen LogP contribution is 2.55. The summed E-state index contributed by atoms with van der Waals surface area (Å²) < 4.78 is 16.5. The van der Waals surface area contributed by atoms with Gasteiger partial charge in [-0.1, -0.05) is 52.0 Å². The second-order valence-electron chi connectivity index (χ2n) is 12.0. The first-order valence-electron chi connectivity index (χ1n) is 13.6. The first-order chi connectivity index (χ1) is 17.1. The predicted octanol–water partition coefficient (Wildman–Crippen LogP) is 5.34. The fraction of sp³-hybridized carbons (Fsp3) is 0.793. The number of carboxylic acids is 2. The van der Waals surface area contributed by atoms with Crippen molar-refractivity contribution >= 4 is 11.9 Å². The molecule has 36 heavy (non-hydrogen) atoms. The minimum Gasteiger partial charge on any atom is -0.481 e. The number of fused-ring (bicyclic) bond motifs is 4. The number of aliphatic carboxylic acids is 2. The molecule has 8 atom stereocenters. The van der Waals surface area contributed by atoms with Crippen molar-refractivity contribution in [2.24, 2.45) is 34.5 Å². The summed E-state index contributed by atoms with van der Waals surface area (Å²) in [4.78, 5) is 20.6. The van der Waals surface area contributed by atoms with Gasteiger partial charge in [0, 0.05) is 6.42 Å². The van der Waals surface area contributed by atoms with Gasteiger partial charge in [0.05, 0.1) is 32.0 Å². The molecule has 2 aliphatic carbocycles. The lowest BCUT2D eigenvalue weighted by Crippen LogP contribution is -2.32. The Morgan fingerprint density at radius 1 is 0.861 bits per heavy atom. The first-order valence-corrected chi connectivity index (χ1v) is 13.6. The van der Waals surface area contributed by atoms with E-state index in [0.29, 0.717) is 47.4 Å². The molecule has 2 saturated heterocycles. The lowest BCUT2D eigenvalue weighted by molar-refractivity contribution is -0.141. The number of allylic oxidation sites excluding steroid dienone is 3. The van der Waals surface area contributed by atoms with Gasteiger partial charge < -0.3 is 24.4 Å². The van der Waals surface area contributed by atoms with Crippen LogP contribution in [0.2, 0.25) is 0 Å². The molecule has 4 fully saturated rings. The molecule has 4 bridgehead atoms. The minimum absolute atomic E-state index is 0.224. The zero-order valence-corrected chi connectivity index (χ0v) is 22.5. The Morgan fingerprint density at radius 3 is 1.83 bits per heavy atom. The standard InChI is InChI=1S/C15H24O3.C14H22O4/c1-11-12(15(2)9-13(11)18-10-15)7-5-3-4-6-8-14(16)17;1-10-11(14(2)7-12(10)18-9-14)5-3-4-6-17-8-13(15)16/h3,5,11-13H,4,6-10H2,1-2H3,(H,16,17);3-4,10-12H,5-9H2,1-2H3,(H,15,16)/b5-3-;4-3-/t11-,12-,13?,15?;10-,11-,12?,14?/m00/s1. The normalized spacial score (nSPS) is 38.7. The van der Waals surface area contributed by atoms with Crippen LogP contribution in [0.5, 0.6) is 0 Å². The van der Waals surface area contributed by atoms with E-state index >= 15 is 0 Å². The van der Waals surface area contributed by atoms with Crippen LogP contribution < -0.4 is 0 Å². The summed E-state index contributed by atoms with van der Waals surface area (Å²) in [5.74, 6) is 1.06. The molecule has 2 saturated carbocycles. The third kappa shape index (κ3) is 7.20. The summed E-state index contributed by atoms with van der Waals surface area (Å²) in [6.07, 6.45) is 15.8. The summed E-state index contributed by atoms with van der Waals surface area (Å²) in [6, 6.07) is 0. The van der Waals surface area contributed by atoms with Gasteiger partial charge in [-0.05, 0) is 73.0 Å². The largest absolute Gasteiger partial charge is 0.481 e. The van der Waals surface area contributed by atoms with Crippen LogP contribution in [-0.4, -0.2) is 60.8 Å². The fourth-order valence-electron chi connectivity index (χ4n) is 6.98. The van der Waals surface area contributed by atoms with Crippen molar-refractivity contribution in [3.05, 3.63) is 24.3 Å². The average Bonchev–Trinajstić information content (AvgIpc) is 3.51. The van der Waals surface area contributed by atoms with Crippen molar-refractivity contribution in [3.63, 3.8) is 0 Å². The van der Waals surface area contributed by atoms with E-state index in [9.17, 15) is 9.59 Å². The van der Waals surface area contributed by atoms with Crippen molar-refractivity contribution in [2.45, 2.75) is 84.8 Å². The number of carbonyl (C=O) groups is 2. The van der Waals surface area contributed by atoms with Crippen molar-refractivity contribution < 1.29 is 34.0 Å². The van der Waals surface area contributed by atoms with Crippen LogP contribution in [0, 0.1) is 34.5 Å². The molecule has 7 nitrogen and oxygen atoms in total. The van der Waals surface area contributed by atoms with Crippen LogP contribution in [0.4, 0.5) is 0 Å². The smallest absolute Gasteiger partial charge is 0.329 e. The Kier molecular flexibility index (Phi) is 10.2. The fourth-order valence-corrected chi connectivity index (χ4v) is 6.98. The maximum Gasteiger partial charge on any atom is 0.329 e. The van der Waals surface area contributed by atoms with Gasteiger partial charge in [-0.2, -0.15) is 0 Å². The van der Waals surface area contributed by atoms with Crippen LogP contribution >= 0.6 is 0 Å². The van der Waals surface area contributed by atoms with Gasteiger partial charge in [-0.3, -0.25) is 4.79 Å². The molecule has 2 aliphatic heterocycles. The topological polar surface area (TPSA) is 102 Å².